The fourth-order valence-electron chi connectivity index (χ4n) is 2.73. The molecule has 0 spiro atoms. The van der Waals surface area contributed by atoms with Crippen molar-refractivity contribution in [2.24, 2.45) is 0 Å². The number of nitrogens with one attached hydrogen (secondary N) is 1. The van der Waals surface area contributed by atoms with Crippen LogP contribution in [0, 0.1) is 0 Å². The standard InChI is InChI=1S/C13H16BrN3O2/c14-10-1-2-12(18)9(5-10)7-16-3-4-17-11(8-16)6-15-13(17)19/h1-2,5,11,18H,3-4,6-8H2,(H,15,19). The zero-order valence-electron chi connectivity index (χ0n) is 10.5. The van der Waals surface area contributed by atoms with Gasteiger partial charge >= 0.3 is 6.03 Å². The lowest BCUT2D eigenvalue weighted by molar-refractivity contribution is 0.116. The van der Waals surface area contributed by atoms with Crippen LogP contribution in [0.4, 0.5) is 4.79 Å². The Kier molecular flexibility index (Phi) is 3.36. The highest BCUT2D eigenvalue weighted by atomic mass is 79.9. The zero-order chi connectivity index (χ0) is 13.4. The van der Waals surface area contributed by atoms with Gasteiger partial charge in [-0.1, -0.05) is 15.9 Å². The Morgan fingerprint density at radius 1 is 1.42 bits per heavy atom. The van der Waals surface area contributed by atoms with Crippen molar-refractivity contribution in [2.75, 3.05) is 26.2 Å². The Morgan fingerprint density at radius 3 is 3.11 bits per heavy atom. The van der Waals surface area contributed by atoms with Crippen molar-refractivity contribution in [2.45, 2.75) is 12.6 Å². The summed E-state index contributed by atoms with van der Waals surface area (Å²) in [5, 5.41) is 12.7. The van der Waals surface area contributed by atoms with Crippen molar-refractivity contribution < 1.29 is 9.90 Å². The van der Waals surface area contributed by atoms with Crippen LogP contribution in [0.3, 0.4) is 0 Å². The molecule has 0 aliphatic carbocycles. The van der Waals surface area contributed by atoms with E-state index in [4.69, 9.17) is 0 Å². The van der Waals surface area contributed by atoms with Crippen molar-refractivity contribution in [1.82, 2.24) is 15.1 Å². The van der Waals surface area contributed by atoms with Gasteiger partial charge in [0.1, 0.15) is 5.75 Å². The van der Waals surface area contributed by atoms with Crippen LogP contribution in [0.25, 0.3) is 0 Å². The first-order valence-corrected chi connectivity index (χ1v) is 7.17. The van der Waals surface area contributed by atoms with Crippen molar-refractivity contribution in [3.05, 3.63) is 28.2 Å². The topological polar surface area (TPSA) is 55.8 Å². The summed E-state index contributed by atoms with van der Waals surface area (Å²) in [7, 11) is 0. The van der Waals surface area contributed by atoms with Gasteiger partial charge in [-0.3, -0.25) is 4.90 Å². The van der Waals surface area contributed by atoms with Crippen molar-refractivity contribution in [1.29, 1.82) is 0 Å². The first-order valence-electron chi connectivity index (χ1n) is 6.38. The fraction of sp³-hybridized carbons (Fsp3) is 0.462. The normalized spacial score (nSPS) is 23.3. The molecule has 1 unspecified atom stereocenters. The minimum Gasteiger partial charge on any atom is -0.508 e. The van der Waals surface area contributed by atoms with Crippen LogP contribution < -0.4 is 5.32 Å². The van der Waals surface area contributed by atoms with Gasteiger partial charge in [-0.25, -0.2) is 4.79 Å². The number of phenols is 1. The lowest BCUT2D eigenvalue weighted by Gasteiger charge is -2.36. The third-order valence-electron chi connectivity index (χ3n) is 3.75. The molecule has 2 saturated heterocycles. The van der Waals surface area contributed by atoms with E-state index in [9.17, 15) is 9.90 Å². The van der Waals surface area contributed by atoms with E-state index in [2.05, 4.69) is 26.1 Å². The minimum atomic E-state index is 0.0509. The van der Waals surface area contributed by atoms with E-state index in [0.29, 0.717) is 12.3 Å². The third-order valence-corrected chi connectivity index (χ3v) is 4.25. The molecule has 0 bridgehead atoms. The highest BCUT2D eigenvalue weighted by Gasteiger charge is 2.35. The second-order valence-corrected chi connectivity index (χ2v) is 5.96. The second kappa shape index (κ2) is 5.02. The van der Waals surface area contributed by atoms with Gasteiger partial charge in [-0.05, 0) is 18.2 Å². The minimum absolute atomic E-state index is 0.0509. The van der Waals surface area contributed by atoms with Crippen LogP contribution in [-0.2, 0) is 6.54 Å². The van der Waals surface area contributed by atoms with E-state index in [1.165, 1.54) is 0 Å². The predicted octanol–water partition coefficient (Wildman–Crippen LogP) is 1.36. The molecular formula is C13H16BrN3O2. The first-order chi connectivity index (χ1) is 9.13. The van der Waals surface area contributed by atoms with E-state index in [-0.39, 0.29) is 12.1 Å². The van der Waals surface area contributed by atoms with Crippen LogP contribution in [0.1, 0.15) is 5.56 Å². The molecule has 6 heteroatoms. The molecule has 0 saturated carbocycles. The molecule has 2 aliphatic heterocycles. The molecule has 3 rings (SSSR count). The maximum atomic E-state index is 11.5. The number of nitrogens with zero attached hydrogens (tertiary/aromatic N) is 2. The summed E-state index contributed by atoms with van der Waals surface area (Å²) in [4.78, 5) is 15.7. The number of aromatic hydroxyl groups is 1. The van der Waals surface area contributed by atoms with E-state index >= 15 is 0 Å². The Morgan fingerprint density at radius 2 is 2.26 bits per heavy atom. The number of hydrogen-bond donors (Lipinski definition) is 2. The van der Waals surface area contributed by atoms with Crippen LogP contribution in [0.15, 0.2) is 22.7 Å². The smallest absolute Gasteiger partial charge is 0.317 e. The zero-order valence-corrected chi connectivity index (χ0v) is 12.1. The molecule has 2 aliphatic rings. The molecule has 5 nitrogen and oxygen atoms in total. The molecule has 2 heterocycles. The average Bonchev–Trinajstić information content (AvgIpc) is 2.75. The lowest BCUT2D eigenvalue weighted by Crippen LogP contribution is -2.51. The maximum Gasteiger partial charge on any atom is 0.317 e. The quantitative estimate of drug-likeness (QED) is 0.863. The Labute approximate surface area is 120 Å². The summed E-state index contributed by atoms with van der Waals surface area (Å²) < 4.78 is 0.969. The summed E-state index contributed by atoms with van der Waals surface area (Å²) in [5.74, 6) is 0.325. The molecule has 1 atom stereocenters. The maximum absolute atomic E-state index is 11.5. The summed E-state index contributed by atoms with van der Waals surface area (Å²) in [5.41, 5.74) is 0.917. The molecular weight excluding hydrogens is 310 g/mol. The molecule has 102 valence electrons. The van der Waals surface area contributed by atoms with E-state index in [1.54, 1.807) is 6.07 Å². The van der Waals surface area contributed by atoms with E-state index in [1.807, 2.05) is 17.0 Å². The van der Waals surface area contributed by atoms with Crippen molar-refractivity contribution in [3.63, 3.8) is 0 Å². The highest BCUT2D eigenvalue weighted by Crippen LogP contribution is 2.24. The van der Waals surface area contributed by atoms with Crippen molar-refractivity contribution >= 4 is 22.0 Å². The number of urea groups is 1. The number of piperazine rings is 1. The Balaban J connectivity index is 1.68. The number of halogens is 1. The highest BCUT2D eigenvalue weighted by molar-refractivity contribution is 9.10. The van der Waals surface area contributed by atoms with Gasteiger partial charge in [0.25, 0.3) is 0 Å². The number of fused-ring (bicyclic) bond motifs is 1. The van der Waals surface area contributed by atoms with E-state index < -0.39 is 0 Å². The SMILES string of the molecule is O=C1NCC2CN(Cc3cc(Br)ccc3O)CCN12. The van der Waals surface area contributed by atoms with E-state index in [0.717, 1.165) is 36.2 Å². The summed E-state index contributed by atoms with van der Waals surface area (Å²) >= 11 is 3.42. The Hall–Kier alpha value is -1.27. The number of carbonyl (C=O) groups excluding carboxylic acids is 1. The van der Waals surface area contributed by atoms with Gasteiger partial charge < -0.3 is 15.3 Å². The monoisotopic (exact) mass is 325 g/mol. The van der Waals surface area contributed by atoms with Gasteiger partial charge in [0.15, 0.2) is 0 Å². The van der Waals surface area contributed by atoms with Gasteiger partial charge in [0.2, 0.25) is 0 Å². The molecule has 19 heavy (non-hydrogen) atoms. The summed E-state index contributed by atoms with van der Waals surface area (Å²) in [6.07, 6.45) is 0. The van der Waals surface area contributed by atoms with Gasteiger partial charge in [0.05, 0.1) is 6.04 Å². The van der Waals surface area contributed by atoms with Crippen LogP contribution in [0.5, 0.6) is 5.75 Å². The van der Waals surface area contributed by atoms with Gasteiger partial charge in [-0.15, -0.1) is 0 Å². The van der Waals surface area contributed by atoms with Gasteiger partial charge in [-0.2, -0.15) is 0 Å². The number of rotatable bonds is 2. The number of phenolic OH excluding ortho intramolecular Hbond substituents is 1. The number of hydrogen-bond acceptors (Lipinski definition) is 3. The second-order valence-electron chi connectivity index (χ2n) is 5.04. The third kappa shape index (κ3) is 2.55. The average molecular weight is 326 g/mol. The van der Waals surface area contributed by atoms with Gasteiger partial charge in [0, 0.05) is 42.8 Å². The first kappa shape index (κ1) is 12.7. The summed E-state index contributed by atoms with van der Waals surface area (Å²) in [6, 6.07) is 5.79. The molecule has 1 aromatic rings. The largest absolute Gasteiger partial charge is 0.508 e. The lowest BCUT2D eigenvalue weighted by atomic mass is 10.1. The molecule has 2 fully saturated rings. The molecule has 0 aromatic heterocycles. The summed E-state index contributed by atoms with van der Waals surface area (Å²) in [6.45, 7) is 3.88. The van der Waals surface area contributed by atoms with Crippen molar-refractivity contribution in [3.8, 4) is 5.75 Å². The molecule has 1 aromatic carbocycles. The number of benzene rings is 1. The van der Waals surface area contributed by atoms with Crippen LogP contribution in [-0.4, -0.2) is 53.2 Å². The van der Waals surface area contributed by atoms with Crippen LogP contribution in [0.2, 0.25) is 0 Å². The van der Waals surface area contributed by atoms with Crippen LogP contribution >= 0.6 is 15.9 Å². The molecule has 2 amide bonds. The Bertz CT molecular complexity index is 509. The molecule has 0 radical (unpaired) electrons. The number of carbonyl (C=O) groups is 1. The molecule has 2 N–H and O–H groups in total. The predicted molar refractivity (Wildman–Crippen MR) is 75.0 cm³/mol. The fourth-order valence-corrected chi connectivity index (χ4v) is 3.14. The number of amides is 2.